The van der Waals surface area contributed by atoms with Gasteiger partial charge in [0.15, 0.2) is 0 Å². The summed E-state index contributed by atoms with van der Waals surface area (Å²) in [7, 11) is 2.17. The third-order valence-electron chi connectivity index (χ3n) is 5.89. The molecular formula is C25H29N3O. The number of amides is 1. The minimum Gasteiger partial charge on any atom is -0.385 e. The minimum atomic E-state index is -0.0281. The Hall–Kier alpha value is -2.85. The number of rotatable bonds is 6. The van der Waals surface area contributed by atoms with Crippen LogP contribution in [0.2, 0.25) is 0 Å². The van der Waals surface area contributed by atoms with Crippen LogP contribution in [0.1, 0.15) is 27.9 Å². The van der Waals surface area contributed by atoms with Crippen LogP contribution in [0.4, 0.5) is 5.69 Å². The molecule has 0 saturated carbocycles. The molecule has 1 atom stereocenters. The van der Waals surface area contributed by atoms with Crippen LogP contribution >= 0.6 is 0 Å². The highest BCUT2D eigenvalue weighted by molar-refractivity contribution is 5.97. The molecule has 29 heavy (non-hydrogen) atoms. The van der Waals surface area contributed by atoms with Gasteiger partial charge in [0, 0.05) is 30.9 Å². The summed E-state index contributed by atoms with van der Waals surface area (Å²) in [5.74, 6) is 0.643. The van der Waals surface area contributed by atoms with Crippen molar-refractivity contribution in [3.8, 4) is 0 Å². The molecule has 1 aliphatic heterocycles. The summed E-state index contributed by atoms with van der Waals surface area (Å²) >= 11 is 0. The van der Waals surface area contributed by atoms with Crippen LogP contribution in [0.15, 0.2) is 60.7 Å². The van der Waals surface area contributed by atoms with Gasteiger partial charge in [0.2, 0.25) is 0 Å². The average Bonchev–Trinajstić information content (AvgIpc) is 3.16. The van der Waals surface area contributed by atoms with Gasteiger partial charge in [0.1, 0.15) is 0 Å². The molecular weight excluding hydrogens is 358 g/mol. The Morgan fingerprint density at radius 1 is 1.10 bits per heavy atom. The first-order valence-electron chi connectivity index (χ1n) is 10.4. The van der Waals surface area contributed by atoms with Crippen LogP contribution in [-0.4, -0.2) is 37.5 Å². The molecule has 4 heteroatoms. The number of likely N-dealkylation sites (tertiary alicyclic amines) is 1. The number of carbonyl (C=O) groups excluding carboxylic acids is 1. The molecule has 4 rings (SSSR count). The maximum absolute atomic E-state index is 12.9. The molecule has 3 aromatic rings. The van der Waals surface area contributed by atoms with Crippen LogP contribution in [0, 0.1) is 12.8 Å². The lowest BCUT2D eigenvalue weighted by Gasteiger charge is -2.15. The van der Waals surface area contributed by atoms with E-state index in [1.165, 1.54) is 23.7 Å². The first-order valence-corrected chi connectivity index (χ1v) is 10.4. The predicted molar refractivity (Wildman–Crippen MR) is 120 cm³/mol. The molecule has 1 unspecified atom stereocenters. The fraction of sp³-hybridized carbons (Fsp3) is 0.320. The molecule has 1 amide bonds. The maximum Gasteiger partial charge on any atom is 0.251 e. The standard InChI is InChI=1S/C25H29N3O/c1-18-10-11-22(26-15-19-12-13-28(2)17-19)14-24(18)25(29)27-16-21-8-5-7-20-6-3-4-9-23(20)21/h3-11,14,19,26H,12-13,15-17H2,1-2H3,(H,27,29). The third kappa shape index (κ3) is 4.60. The van der Waals surface area contributed by atoms with Crippen molar-refractivity contribution in [1.29, 1.82) is 0 Å². The van der Waals surface area contributed by atoms with Gasteiger partial charge >= 0.3 is 0 Å². The van der Waals surface area contributed by atoms with Crippen molar-refractivity contribution in [3.05, 3.63) is 77.4 Å². The van der Waals surface area contributed by atoms with Crippen molar-refractivity contribution >= 4 is 22.4 Å². The van der Waals surface area contributed by atoms with E-state index in [4.69, 9.17) is 0 Å². The molecule has 1 fully saturated rings. The number of fused-ring (bicyclic) bond motifs is 1. The molecule has 0 bridgehead atoms. The zero-order valence-corrected chi connectivity index (χ0v) is 17.2. The van der Waals surface area contributed by atoms with Crippen molar-refractivity contribution in [2.75, 3.05) is 32.0 Å². The second-order valence-corrected chi connectivity index (χ2v) is 8.15. The van der Waals surface area contributed by atoms with Crippen LogP contribution in [0.5, 0.6) is 0 Å². The Bertz CT molecular complexity index is 1010. The largest absolute Gasteiger partial charge is 0.385 e. The van der Waals surface area contributed by atoms with Crippen molar-refractivity contribution < 1.29 is 4.79 Å². The quantitative estimate of drug-likeness (QED) is 0.657. The van der Waals surface area contributed by atoms with Gasteiger partial charge < -0.3 is 15.5 Å². The zero-order chi connectivity index (χ0) is 20.2. The van der Waals surface area contributed by atoms with Gasteiger partial charge in [-0.15, -0.1) is 0 Å². The number of nitrogens with zero attached hydrogens (tertiary/aromatic N) is 1. The lowest BCUT2D eigenvalue weighted by molar-refractivity contribution is 0.0950. The Balaban J connectivity index is 1.42. The molecule has 3 aromatic carbocycles. The lowest BCUT2D eigenvalue weighted by atomic mass is 10.0. The van der Waals surface area contributed by atoms with E-state index in [0.29, 0.717) is 12.5 Å². The molecule has 150 valence electrons. The summed E-state index contributed by atoms with van der Waals surface area (Å²) < 4.78 is 0. The molecule has 1 aliphatic rings. The van der Waals surface area contributed by atoms with E-state index in [1.54, 1.807) is 0 Å². The fourth-order valence-electron chi connectivity index (χ4n) is 4.15. The second-order valence-electron chi connectivity index (χ2n) is 8.15. The maximum atomic E-state index is 12.9. The highest BCUT2D eigenvalue weighted by atomic mass is 16.1. The monoisotopic (exact) mass is 387 g/mol. The first kappa shape index (κ1) is 19.5. The van der Waals surface area contributed by atoms with Crippen LogP contribution in [0.3, 0.4) is 0 Å². The number of hydrogen-bond acceptors (Lipinski definition) is 3. The molecule has 0 aliphatic carbocycles. The molecule has 1 saturated heterocycles. The van der Waals surface area contributed by atoms with Gasteiger partial charge in [-0.3, -0.25) is 4.79 Å². The number of hydrogen-bond donors (Lipinski definition) is 2. The topological polar surface area (TPSA) is 44.4 Å². The summed E-state index contributed by atoms with van der Waals surface area (Å²) in [6, 6.07) is 20.6. The summed E-state index contributed by atoms with van der Waals surface area (Å²) in [6.45, 7) is 5.76. The average molecular weight is 388 g/mol. The van der Waals surface area contributed by atoms with Crippen molar-refractivity contribution in [1.82, 2.24) is 10.2 Å². The van der Waals surface area contributed by atoms with E-state index in [-0.39, 0.29) is 5.91 Å². The fourth-order valence-corrected chi connectivity index (χ4v) is 4.15. The van der Waals surface area contributed by atoms with Crippen LogP contribution in [-0.2, 0) is 6.54 Å². The molecule has 0 spiro atoms. The van der Waals surface area contributed by atoms with Gasteiger partial charge in [-0.05, 0) is 66.9 Å². The van der Waals surface area contributed by atoms with E-state index < -0.39 is 0 Å². The molecule has 0 aromatic heterocycles. The summed E-state index contributed by atoms with van der Waals surface area (Å²) in [6.07, 6.45) is 1.23. The van der Waals surface area contributed by atoms with E-state index in [1.807, 2.05) is 37.3 Å². The Morgan fingerprint density at radius 2 is 1.93 bits per heavy atom. The number of carbonyl (C=O) groups is 1. The van der Waals surface area contributed by atoms with Crippen molar-refractivity contribution in [2.45, 2.75) is 19.9 Å². The second kappa shape index (κ2) is 8.66. The summed E-state index contributed by atoms with van der Waals surface area (Å²) in [5, 5.41) is 9.00. The highest BCUT2D eigenvalue weighted by Gasteiger charge is 2.19. The Kier molecular flexibility index (Phi) is 5.81. The molecule has 4 nitrogen and oxygen atoms in total. The van der Waals surface area contributed by atoms with E-state index >= 15 is 0 Å². The number of aryl methyl sites for hydroxylation is 1. The van der Waals surface area contributed by atoms with Crippen molar-refractivity contribution in [3.63, 3.8) is 0 Å². The number of anilines is 1. The Labute approximate surface area is 172 Å². The zero-order valence-electron chi connectivity index (χ0n) is 17.2. The van der Waals surface area contributed by atoms with E-state index in [9.17, 15) is 4.79 Å². The van der Waals surface area contributed by atoms with Crippen LogP contribution < -0.4 is 10.6 Å². The SMILES string of the molecule is Cc1ccc(NCC2CCN(C)C2)cc1C(=O)NCc1cccc2ccccc12. The van der Waals surface area contributed by atoms with Gasteiger partial charge in [0.25, 0.3) is 5.91 Å². The summed E-state index contributed by atoms with van der Waals surface area (Å²) in [5.41, 5.74) is 3.87. The first-order chi connectivity index (χ1) is 14.1. The summed E-state index contributed by atoms with van der Waals surface area (Å²) in [4.78, 5) is 15.3. The minimum absolute atomic E-state index is 0.0281. The lowest BCUT2D eigenvalue weighted by Crippen LogP contribution is -2.24. The Morgan fingerprint density at radius 3 is 2.76 bits per heavy atom. The van der Waals surface area contributed by atoms with Gasteiger partial charge in [-0.1, -0.05) is 48.5 Å². The number of nitrogens with one attached hydrogen (secondary N) is 2. The predicted octanol–water partition coefficient (Wildman–Crippen LogP) is 4.44. The molecule has 2 N–H and O–H groups in total. The van der Waals surface area contributed by atoms with Gasteiger partial charge in [-0.2, -0.15) is 0 Å². The number of benzene rings is 3. The smallest absolute Gasteiger partial charge is 0.251 e. The van der Waals surface area contributed by atoms with Gasteiger partial charge in [-0.25, -0.2) is 0 Å². The normalized spacial score (nSPS) is 16.8. The van der Waals surface area contributed by atoms with E-state index in [2.05, 4.69) is 52.9 Å². The highest BCUT2D eigenvalue weighted by Crippen LogP contribution is 2.20. The van der Waals surface area contributed by atoms with E-state index in [0.717, 1.165) is 35.5 Å². The molecule has 1 heterocycles. The van der Waals surface area contributed by atoms with Crippen molar-refractivity contribution in [2.24, 2.45) is 5.92 Å². The third-order valence-corrected chi connectivity index (χ3v) is 5.89. The molecule has 0 radical (unpaired) electrons. The van der Waals surface area contributed by atoms with Crippen LogP contribution in [0.25, 0.3) is 10.8 Å². The van der Waals surface area contributed by atoms with Gasteiger partial charge in [0.05, 0.1) is 0 Å².